The SMILES string of the molecule is Cc1nn(-c2ccccc2)c2ncc(C(=O)N3CCCc4ccccc43)c(Cl)c12. The molecule has 1 aliphatic rings. The summed E-state index contributed by atoms with van der Waals surface area (Å²) in [5.74, 6) is -0.122. The van der Waals surface area contributed by atoms with Crippen LogP contribution in [0, 0.1) is 6.92 Å². The predicted molar refractivity (Wildman–Crippen MR) is 115 cm³/mol. The van der Waals surface area contributed by atoms with Crippen LogP contribution in [0.25, 0.3) is 16.7 Å². The molecule has 0 atom stereocenters. The number of halogens is 1. The minimum atomic E-state index is -0.122. The Bertz CT molecular complexity index is 1230. The average molecular weight is 403 g/mol. The fraction of sp³-hybridized carbons (Fsp3) is 0.174. The zero-order valence-corrected chi connectivity index (χ0v) is 16.7. The van der Waals surface area contributed by atoms with E-state index >= 15 is 0 Å². The van der Waals surface area contributed by atoms with Gasteiger partial charge in [0, 0.05) is 18.4 Å². The normalized spacial score (nSPS) is 13.5. The summed E-state index contributed by atoms with van der Waals surface area (Å²) in [6.07, 6.45) is 3.49. The van der Waals surface area contributed by atoms with Crippen molar-refractivity contribution in [2.45, 2.75) is 19.8 Å². The van der Waals surface area contributed by atoms with Gasteiger partial charge in [0.25, 0.3) is 5.91 Å². The number of aromatic nitrogens is 3. The molecule has 0 saturated heterocycles. The lowest BCUT2D eigenvalue weighted by molar-refractivity contribution is 0.0985. The van der Waals surface area contributed by atoms with Gasteiger partial charge < -0.3 is 4.90 Å². The van der Waals surface area contributed by atoms with E-state index < -0.39 is 0 Å². The molecule has 0 unspecified atom stereocenters. The Morgan fingerprint density at radius 1 is 1.07 bits per heavy atom. The smallest absolute Gasteiger partial charge is 0.261 e. The summed E-state index contributed by atoms with van der Waals surface area (Å²) in [6, 6.07) is 17.8. The summed E-state index contributed by atoms with van der Waals surface area (Å²) in [4.78, 5) is 19.8. The van der Waals surface area contributed by atoms with Gasteiger partial charge in [-0.2, -0.15) is 5.10 Å². The van der Waals surface area contributed by atoms with Gasteiger partial charge in [-0.3, -0.25) is 4.79 Å². The molecule has 0 fully saturated rings. The van der Waals surface area contributed by atoms with Crippen molar-refractivity contribution >= 4 is 34.2 Å². The lowest BCUT2D eigenvalue weighted by atomic mass is 10.0. The first-order valence-corrected chi connectivity index (χ1v) is 10.0. The van der Waals surface area contributed by atoms with Crippen LogP contribution in [0.15, 0.2) is 60.8 Å². The highest BCUT2D eigenvalue weighted by molar-refractivity contribution is 6.39. The number of hydrogen-bond donors (Lipinski definition) is 0. The van der Waals surface area contributed by atoms with Gasteiger partial charge in [0.15, 0.2) is 5.65 Å². The predicted octanol–water partition coefficient (Wildman–Crippen LogP) is 4.98. The van der Waals surface area contributed by atoms with E-state index in [9.17, 15) is 4.79 Å². The number of rotatable bonds is 2. The van der Waals surface area contributed by atoms with Crippen LogP contribution in [0.4, 0.5) is 5.69 Å². The number of fused-ring (bicyclic) bond motifs is 2. The highest BCUT2D eigenvalue weighted by Crippen LogP contribution is 2.33. The van der Waals surface area contributed by atoms with Crippen LogP contribution in [0.3, 0.4) is 0 Å². The number of carbonyl (C=O) groups is 1. The number of hydrogen-bond acceptors (Lipinski definition) is 3. The minimum Gasteiger partial charge on any atom is -0.308 e. The molecule has 5 nitrogen and oxygen atoms in total. The molecule has 1 aliphatic heterocycles. The molecule has 5 rings (SSSR count). The van der Waals surface area contributed by atoms with Crippen molar-refractivity contribution in [1.82, 2.24) is 14.8 Å². The second kappa shape index (κ2) is 7.01. The molecule has 4 aromatic rings. The van der Waals surface area contributed by atoms with Crippen LogP contribution in [0.1, 0.15) is 28.0 Å². The first kappa shape index (κ1) is 17.9. The minimum absolute atomic E-state index is 0.122. The molecule has 2 aromatic heterocycles. The first-order valence-electron chi connectivity index (χ1n) is 9.64. The Balaban J connectivity index is 1.62. The second-order valence-electron chi connectivity index (χ2n) is 7.21. The van der Waals surface area contributed by atoms with Gasteiger partial charge in [-0.25, -0.2) is 9.67 Å². The van der Waals surface area contributed by atoms with Crippen molar-refractivity contribution in [3.05, 3.63) is 82.6 Å². The molecule has 29 heavy (non-hydrogen) atoms. The lowest BCUT2D eigenvalue weighted by Crippen LogP contribution is -2.35. The summed E-state index contributed by atoms with van der Waals surface area (Å²) in [7, 11) is 0. The standard InChI is InChI=1S/C23H19ClN4O/c1-15-20-21(24)18(14-25-22(20)28(26-15)17-10-3-2-4-11-17)23(29)27-13-7-9-16-8-5-6-12-19(16)27/h2-6,8,10-12,14H,7,9,13H2,1H3. The average Bonchev–Trinajstić information content (AvgIpc) is 3.11. The number of benzene rings is 2. The second-order valence-corrected chi connectivity index (χ2v) is 7.58. The number of para-hydroxylation sites is 2. The number of aryl methyl sites for hydroxylation is 2. The molecule has 0 spiro atoms. The highest BCUT2D eigenvalue weighted by atomic mass is 35.5. The fourth-order valence-corrected chi connectivity index (χ4v) is 4.35. The zero-order valence-electron chi connectivity index (χ0n) is 16.0. The number of carbonyl (C=O) groups excluding carboxylic acids is 1. The molecule has 0 radical (unpaired) electrons. The maximum absolute atomic E-state index is 13.4. The quantitative estimate of drug-likeness (QED) is 0.475. The lowest BCUT2D eigenvalue weighted by Gasteiger charge is -2.29. The summed E-state index contributed by atoms with van der Waals surface area (Å²) >= 11 is 6.75. The van der Waals surface area contributed by atoms with E-state index in [1.165, 1.54) is 5.56 Å². The van der Waals surface area contributed by atoms with Gasteiger partial charge in [-0.1, -0.05) is 48.0 Å². The maximum Gasteiger partial charge on any atom is 0.261 e. The highest BCUT2D eigenvalue weighted by Gasteiger charge is 2.27. The molecule has 0 bridgehead atoms. The van der Waals surface area contributed by atoms with Crippen molar-refractivity contribution in [3.8, 4) is 5.69 Å². The van der Waals surface area contributed by atoms with Crippen LogP contribution in [-0.4, -0.2) is 27.2 Å². The van der Waals surface area contributed by atoms with E-state index in [2.05, 4.69) is 16.1 Å². The van der Waals surface area contributed by atoms with E-state index in [1.807, 2.05) is 60.4 Å². The summed E-state index contributed by atoms with van der Waals surface area (Å²) < 4.78 is 1.76. The van der Waals surface area contributed by atoms with E-state index in [4.69, 9.17) is 11.6 Å². The molecule has 144 valence electrons. The Morgan fingerprint density at radius 3 is 2.66 bits per heavy atom. The molecular weight excluding hydrogens is 384 g/mol. The molecule has 2 aromatic carbocycles. The Labute approximate surface area is 173 Å². The van der Waals surface area contributed by atoms with E-state index in [0.717, 1.165) is 29.9 Å². The van der Waals surface area contributed by atoms with Crippen molar-refractivity contribution in [1.29, 1.82) is 0 Å². The summed E-state index contributed by atoms with van der Waals surface area (Å²) in [5, 5.41) is 5.73. The summed E-state index contributed by atoms with van der Waals surface area (Å²) in [6.45, 7) is 2.56. The Hall–Kier alpha value is -3.18. The molecule has 1 amide bonds. The van der Waals surface area contributed by atoms with Crippen molar-refractivity contribution < 1.29 is 4.79 Å². The monoisotopic (exact) mass is 402 g/mol. The van der Waals surface area contributed by atoms with E-state index in [1.54, 1.807) is 10.9 Å². The third kappa shape index (κ3) is 2.89. The molecule has 0 saturated carbocycles. The number of anilines is 1. The van der Waals surface area contributed by atoms with Gasteiger partial charge in [-0.05, 0) is 43.5 Å². The van der Waals surface area contributed by atoms with Crippen LogP contribution >= 0.6 is 11.6 Å². The van der Waals surface area contributed by atoms with Gasteiger partial charge in [0.2, 0.25) is 0 Å². The molecule has 3 heterocycles. The van der Waals surface area contributed by atoms with Crippen LogP contribution in [0.2, 0.25) is 5.02 Å². The van der Waals surface area contributed by atoms with E-state index in [0.29, 0.717) is 28.2 Å². The Kier molecular flexibility index (Phi) is 4.32. The zero-order chi connectivity index (χ0) is 20.0. The number of amides is 1. The molecular formula is C23H19ClN4O. The van der Waals surface area contributed by atoms with Crippen molar-refractivity contribution in [2.24, 2.45) is 0 Å². The third-order valence-corrected chi connectivity index (χ3v) is 5.79. The number of nitrogens with zero attached hydrogens (tertiary/aromatic N) is 4. The van der Waals surface area contributed by atoms with E-state index in [-0.39, 0.29) is 5.91 Å². The van der Waals surface area contributed by atoms with Crippen LogP contribution in [-0.2, 0) is 6.42 Å². The topological polar surface area (TPSA) is 51.0 Å². The van der Waals surface area contributed by atoms with Gasteiger partial charge in [0.1, 0.15) is 0 Å². The summed E-state index contributed by atoms with van der Waals surface area (Å²) in [5.41, 5.74) is 4.84. The Morgan fingerprint density at radius 2 is 1.83 bits per heavy atom. The maximum atomic E-state index is 13.4. The fourth-order valence-electron chi connectivity index (χ4n) is 4.00. The van der Waals surface area contributed by atoms with Crippen LogP contribution in [0.5, 0.6) is 0 Å². The molecule has 0 aliphatic carbocycles. The van der Waals surface area contributed by atoms with Crippen molar-refractivity contribution in [2.75, 3.05) is 11.4 Å². The third-order valence-electron chi connectivity index (χ3n) is 5.39. The number of pyridine rings is 1. The van der Waals surface area contributed by atoms with Gasteiger partial charge >= 0.3 is 0 Å². The largest absolute Gasteiger partial charge is 0.308 e. The first-order chi connectivity index (χ1) is 14.1. The van der Waals surface area contributed by atoms with Gasteiger partial charge in [0.05, 0.1) is 27.4 Å². The van der Waals surface area contributed by atoms with Crippen LogP contribution < -0.4 is 4.90 Å². The molecule has 6 heteroatoms. The van der Waals surface area contributed by atoms with Gasteiger partial charge in [-0.15, -0.1) is 0 Å². The van der Waals surface area contributed by atoms with Crippen molar-refractivity contribution in [3.63, 3.8) is 0 Å². The molecule has 0 N–H and O–H groups in total.